The second kappa shape index (κ2) is 6.11. The minimum Gasteiger partial charge on any atom is -0.393 e. The van der Waals surface area contributed by atoms with Gasteiger partial charge in [-0.2, -0.15) is 0 Å². The first-order valence-electron chi connectivity index (χ1n) is 5.63. The number of nitrogens with one attached hydrogen (secondary N) is 1. The number of nitrogens with zero attached hydrogens (tertiary/aromatic N) is 1. The Hall–Kier alpha value is -1.95. The number of aliphatic hydroxyl groups excluding tert-OH is 1. The van der Waals surface area contributed by atoms with E-state index in [4.69, 9.17) is 5.11 Å². The van der Waals surface area contributed by atoms with Crippen molar-refractivity contribution in [3.8, 4) is 0 Å². The third-order valence-corrected chi connectivity index (χ3v) is 2.52. The second-order valence-corrected chi connectivity index (χ2v) is 4.15. The summed E-state index contributed by atoms with van der Waals surface area (Å²) in [5.41, 5.74) is 0.853. The average Bonchev–Trinajstić information content (AvgIpc) is 2.28. The fourth-order valence-electron chi connectivity index (χ4n) is 1.46. The van der Waals surface area contributed by atoms with Crippen LogP contribution >= 0.6 is 0 Å². The van der Waals surface area contributed by atoms with Gasteiger partial charge in [0.05, 0.1) is 11.0 Å². The highest BCUT2D eigenvalue weighted by molar-refractivity contribution is 5.96. The molecular formula is C12H16N2O4. The molecule has 1 atom stereocenters. The third kappa shape index (κ3) is 3.81. The number of benzene rings is 1. The molecule has 0 bridgehead atoms. The van der Waals surface area contributed by atoms with Gasteiger partial charge in [0.25, 0.3) is 11.6 Å². The van der Waals surface area contributed by atoms with Crippen molar-refractivity contribution >= 4 is 11.6 Å². The molecule has 18 heavy (non-hydrogen) atoms. The van der Waals surface area contributed by atoms with E-state index in [-0.39, 0.29) is 17.2 Å². The molecule has 2 N–H and O–H groups in total. The molecule has 98 valence electrons. The van der Waals surface area contributed by atoms with Crippen molar-refractivity contribution in [2.24, 2.45) is 0 Å². The van der Waals surface area contributed by atoms with E-state index >= 15 is 0 Å². The first-order chi connectivity index (χ1) is 8.41. The summed E-state index contributed by atoms with van der Waals surface area (Å²) in [5, 5.41) is 22.3. The number of amides is 1. The topological polar surface area (TPSA) is 92.5 Å². The third-order valence-electron chi connectivity index (χ3n) is 2.52. The summed E-state index contributed by atoms with van der Waals surface area (Å²) in [4.78, 5) is 21.9. The van der Waals surface area contributed by atoms with Gasteiger partial charge in [0.15, 0.2) is 0 Å². The lowest BCUT2D eigenvalue weighted by Gasteiger charge is -2.08. The van der Waals surface area contributed by atoms with Crippen molar-refractivity contribution in [2.75, 3.05) is 6.54 Å². The lowest BCUT2D eigenvalue weighted by Crippen LogP contribution is -2.27. The highest BCUT2D eigenvalue weighted by atomic mass is 16.6. The maximum atomic E-state index is 11.8. The van der Waals surface area contributed by atoms with Gasteiger partial charge in [0, 0.05) is 24.2 Å². The predicted octanol–water partition coefficient (Wildman–Crippen LogP) is 1.40. The summed E-state index contributed by atoms with van der Waals surface area (Å²) in [6, 6.07) is 4.16. The van der Waals surface area contributed by atoms with Gasteiger partial charge in [-0.1, -0.05) is 6.07 Å². The number of non-ortho nitro benzene ring substituents is 1. The SMILES string of the molecule is Cc1ccc([N+](=O)[O-])cc1C(=O)NCCC(C)O. The Bertz CT molecular complexity index is 457. The minimum absolute atomic E-state index is 0.110. The van der Waals surface area contributed by atoms with E-state index in [1.165, 1.54) is 12.1 Å². The molecule has 0 saturated heterocycles. The Morgan fingerprint density at radius 1 is 1.56 bits per heavy atom. The lowest BCUT2D eigenvalue weighted by atomic mass is 10.1. The minimum atomic E-state index is -0.536. The predicted molar refractivity (Wildman–Crippen MR) is 66.5 cm³/mol. The van der Waals surface area contributed by atoms with E-state index in [0.717, 1.165) is 0 Å². The van der Waals surface area contributed by atoms with Crippen LogP contribution in [0.4, 0.5) is 5.69 Å². The quantitative estimate of drug-likeness (QED) is 0.612. The molecule has 0 radical (unpaired) electrons. The van der Waals surface area contributed by atoms with Crippen molar-refractivity contribution in [3.63, 3.8) is 0 Å². The summed E-state index contributed by atoms with van der Waals surface area (Å²) in [6.07, 6.45) is -0.0452. The van der Waals surface area contributed by atoms with Crippen LogP contribution in [-0.4, -0.2) is 28.6 Å². The number of aryl methyl sites for hydroxylation is 1. The van der Waals surface area contributed by atoms with Gasteiger partial charge >= 0.3 is 0 Å². The first-order valence-corrected chi connectivity index (χ1v) is 5.63. The highest BCUT2D eigenvalue weighted by Crippen LogP contribution is 2.17. The molecule has 1 aromatic carbocycles. The summed E-state index contributed by atoms with van der Waals surface area (Å²) in [6.45, 7) is 3.68. The van der Waals surface area contributed by atoms with Crippen LogP contribution in [0, 0.1) is 17.0 Å². The number of aliphatic hydroxyl groups is 1. The van der Waals surface area contributed by atoms with Crippen molar-refractivity contribution < 1.29 is 14.8 Å². The molecule has 0 aliphatic carbocycles. The molecular weight excluding hydrogens is 236 g/mol. The number of rotatable bonds is 5. The van der Waals surface area contributed by atoms with E-state index in [2.05, 4.69) is 5.32 Å². The Kier molecular flexibility index (Phi) is 4.79. The molecule has 0 heterocycles. The Labute approximate surface area is 105 Å². The smallest absolute Gasteiger partial charge is 0.270 e. The second-order valence-electron chi connectivity index (χ2n) is 4.15. The molecule has 0 aliphatic rings. The molecule has 0 spiro atoms. The number of carbonyl (C=O) groups is 1. The van der Waals surface area contributed by atoms with Crippen LogP contribution in [0.25, 0.3) is 0 Å². The lowest BCUT2D eigenvalue weighted by molar-refractivity contribution is -0.384. The first kappa shape index (κ1) is 14.1. The number of nitro groups is 1. The van der Waals surface area contributed by atoms with Crippen molar-refractivity contribution in [1.82, 2.24) is 5.32 Å². The fraction of sp³-hybridized carbons (Fsp3) is 0.417. The normalized spacial score (nSPS) is 11.9. The summed E-state index contributed by atoms with van der Waals surface area (Å²) in [5.74, 6) is -0.364. The van der Waals surface area contributed by atoms with Crippen LogP contribution < -0.4 is 5.32 Å². The molecule has 6 nitrogen and oxygen atoms in total. The molecule has 1 unspecified atom stereocenters. The molecule has 1 aromatic rings. The Morgan fingerprint density at radius 2 is 2.22 bits per heavy atom. The monoisotopic (exact) mass is 252 g/mol. The van der Waals surface area contributed by atoms with Crippen molar-refractivity contribution in [3.05, 3.63) is 39.4 Å². The van der Waals surface area contributed by atoms with Crippen LogP contribution in [0.2, 0.25) is 0 Å². The number of hydrogen-bond donors (Lipinski definition) is 2. The van der Waals surface area contributed by atoms with Crippen molar-refractivity contribution in [1.29, 1.82) is 0 Å². The fourth-order valence-corrected chi connectivity index (χ4v) is 1.46. The van der Waals surface area contributed by atoms with E-state index in [0.29, 0.717) is 18.5 Å². The van der Waals surface area contributed by atoms with Crippen LogP contribution in [-0.2, 0) is 0 Å². The molecule has 6 heteroatoms. The maximum absolute atomic E-state index is 11.8. The average molecular weight is 252 g/mol. The van der Waals surface area contributed by atoms with Gasteiger partial charge in [-0.3, -0.25) is 14.9 Å². The summed E-state index contributed by atoms with van der Waals surface area (Å²) in [7, 11) is 0. The number of carbonyl (C=O) groups excluding carboxylic acids is 1. The van der Waals surface area contributed by atoms with Gasteiger partial charge in [0.1, 0.15) is 0 Å². The summed E-state index contributed by atoms with van der Waals surface area (Å²) < 4.78 is 0. The number of hydrogen-bond acceptors (Lipinski definition) is 4. The van der Waals surface area contributed by atoms with E-state index in [9.17, 15) is 14.9 Å². The van der Waals surface area contributed by atoms with E-state index in [1.54, 1.807) is 19.9 Å². The maximum Gasteiger partial charge on any atom is 0.270 e. The molecule has 0 aliphatic heterocycles. The molecule has 0 fully saturated rings. The van der Waals surface area contributed by atoms with Gasteiger partial charge in [-0.25, -0.2) is 0 Å². The summed E-state index contributed by atoms with van der Waals surface area (Å²) >= 11 is 0. The zero-order valence-electron chi connectivity index (χ0n) is 10.3. The van der Waals surface area contributed by atoms with Gasteiger partial charge in [-0.15, -0.1) is 0 Å². The Morgan fingerprint density at radius 3 is 2.78 bits per heavy atom. The van der Waals surface area contributed by atoms with Crippen molar-refractivity contribution in [2.45, 2.75) is 26.4 Å². The standard InChI is InChI=1S/C12H16N2O4/c1-8-3-4-10(14(17)18)7-11(8)12(16)13-6-5-9(2)15/h3-4,7,9,15H,5-6H2,1-2H3,(H,13,16). The van der Waals surface area contributed by atoms with Gasteiger partial charge in [-0.05, 0) is 25.8 Å². The van der Waals surface area contributed by atoms with Gasteiger partial charge in [0.2, 0.25) is 0 Å². The van der Waals surface area contributed by atoms with Crippen LogP contribution in [0.5, 0.6) is 0 Å². The van der Waals surface area contributed by atoms with Crippen LogP contribution in [0.1, 0.15) is 29.3 Å². The van der Waals surface area contributed by atoms with Crippen LogP contribution in [0.15, 0.2) is 18.2 Å². The Balaban J connectivity index is 2.78. The number of nitro benzene ring substituents is 1. The molecule has 0 aromatic heterocycles. The molecule has 1 rings (SSSR count). The largest absolute Gasteiger partial charge is 0.393 e. The van der Waals surface area contributed by atoms with E-state index in [1.807, 2.05) is 0 Å². The van der Waals surface area contributed by atoms with Crippen LogP contribution in [0.3, 0.4) is 0 Å². The zero-order valence-corrected chi connectivity index (χ0v) is 10.3. The molecule has 1 amide bonds. The van der Waals surface area contributed by atoms with Gasteiger partial charge < -0.3 is 10.4 Å². The zero-order chi connectivity index (χ0) is 13.7. The van der Waals surface area contributed by atoms with E-state index < -0.39 is 11.0 Å². The highest BCUT2D eigenvalue weighted by Gasteiger charge is 2.14. The molecule has 0 saturated carbocycles.